The highest BCUT2D eigenvalue weighted by atomic mass is 16.8. The Kier molecular flexibility index (Phi) is 7.90. The molecule has 0 unspecified atom stereocenters. The van der Waals surface area contributed by atoms with Crippen molar-refractivity contribution >= 4 is 11.9 Å². The van der Waals surface area contributed by atoms with Gasteiger partial charge < -0.3 is 33.2 Å². The van der Waals surface area contributed by atoms with E-state index in [4.69, 9.17) is 33.2 Å². The number of rotatable bonds is 8. The molecule has 33 heavy (non-hydrogen) atoms. The van der Waals surface area contributed by atoms with Crippen LogP contribution >= 0.6 is 0 Å². The van der Waals surface area contributed by atoms with Crippen molar-refractivity contribution < 1.29 is 42.7 Å². The average Bonchev–Trinajstić information content (AvgIpc) is 3.31. The Balaban J connectivity index is 1.98. The van der Waals surface area contributed by atoms with Gasteiger partial charge in [0.2, 0.25) is 6.10 Å². The minimum Gasteiger partial charge on any atom is -0.466 e. The van der Waals surface area contributed by atoms with Gasteiger partial charge >= 0.3 is 11.9 Å². The highest BCUT2D eigenvalue weighted by Crippen LogP contribution is 2.44. The number of hydrogen-bond acceptors (Lipinski definition) is 9. The molecule has 3 saturated heterocycles. The van der Waals surface area contributed by atoms with Crippen LogP contribution in [-0.4, -0.2) is 67.9 Å². The van der Waals surface area contributed by atoms with Gasteiger partial charge in [-0.2, -0.15) is 0 Å². The maximum Gasteiger partial charge on any atom is 0.347 e. The Morgan fingerprint density at radius 1 is 1.06 bits per heavy atom. The molecule has 3 fully saturated rings. The molecular formula is C24H38O9. The van der Waals surface area contributed by atoms with Crippen molar-refractivity contribution in [3.05, 3.63) is 11.6 Å². The zero-order valence-electron chi connectivity index (χ0n) is 20.9. The van der Waals surface area contributed by atoms with Gasteiger partial charge in [0.15, 0.2) is 17.9 Å². The lowest BCUT2D eigenvalue weighted by Gasteiger charge is -2.28. The van der Waals surface area contributed by atoms with E-state index in [0.29, 0.717) is 18.9 Å². The summed E-state index contributed by atoms with van der Waals surface area (Å²) in [5.74, 6) is -2.76. The van der Waals surface area contributed by atoms with Gasteiger partial charge in [-0.15, -0.1) is 0 Å². The number of carbonyl (C=O) groups excluding carboxylic acids is 2. The number of methoxy groups -OCH3 is 1. The van der Waals surface area contributed by atoms with Crippen molar-refractivity contribution in [2.75, 3.05) is 13.7 Å². The second kappa shape index (κ2) is 10.00. The van der Waals surface area contributed by atoms with Crippen LogP contribution in [0.2, 0.25) is 0 Å². The van der Waals surface area contributed by atoms with E-state index in [2.05, 4.69) is 13.8 Å². The molecule has 0 N–H and O–H groups in total. The molecule has 9 nitrogen and oxygen atoms in total. The van der Waals surface area contributed by atoms with E-state index in [1.54, 1.807) is 0 Å². The SMILES string of the molecule is COC(=O)[C@H](OC(C)=O)[C@H](/C=C1\[C@H]2OC(C)(C)O[C@H]2O[C@@H]1[C@H]1COC(C)(C)O1)CCC(C)C. The molecule has 6 atom stereocenters. The van der Waals surface area contributed by atoms with Crippen molar-refractivity contribution in [3.8, 4) is 0 Å². The van der Waals surface area contributed by atoms with E-state index >= 15 is 0 Å². The van der Waals surface area contributed by atoms with Crippen LogP contribution in [0.15, 0.2) is 11.6 Å². The van der Waals surface area contributed by atoms with Crippen LogP contribution in [0.1, 0.15) is 61.3 Å². The number of esters is 2. The van der Waals surface area contributed by atoms with Crippen LogP contribution < -0.4 is 0 Å². The summed E-state index contributed by atoms with van der Waals surface area (Å²) < 4.78 is 40.6. The molecule has 3 aliphatic rings. The quantitative estimate of drug-likeness (QED) is 0.391. The van der Waals surface area contributed by atoms with E-state index in [1.807, 2.05) is 33.8 Å². The standard InChI is InChI=1S/C24H38O9/c1-13(2)9-10-15(18(21(26)27-8)29-14(3)25)11-16-19(17-12-28-23(4,5)31-17)30-22-20(16)32-24(6,7)33-22/h11,13,15,17-20,22H,9-10,12H2,1-8H3/b16-11-/t15-,17+,18+,19-,20+,22+/m0/s1. The molecule has 0 spiro atoms. The zero-order valence-corrected chi connectivity index (χ0v) is 20.9. The Morgan fingerprint density at radius 2 is 1.76 bits per heavy atom. The molecule has 0 aromatic carbocycles. The van der Waals surface area contributed by atoms with Gasteiger partial charge in [-0.25, -0.2) is 4.79 Å². The molecule has 3 rings (SSSR count). The van der Waals surface area contributed by atoms with Crippen LogP contribution in [0.3, 0.4) is 0 Å². The Hall–Kier alpha value is -1.52. The summed E-state index contributed by atoms with van der Waals surface area (Å²) in [7, 11) is 1.28. The highest BCUT2D eigenvalue weighted by Gasteiger charge is 2.55. The second-order valence-corrected chi connectivity index (χ2v) is 10.2. The van der Waals surface area contributed by atoms with Gasteiger partial charge in [0, 0.05) is 12.8 Å². The summed E-state index contributed by atoms with van der Waals surface area (Å²) >= 11 is 0. The van der Waals surface area contributed by atoms with E-state index in [0.717, 1.165) is 12.0 Å². The average molecular weight is 471 g/mol. The molecule has 9 heteroatoms. The Morgan fingerprint density at radius 3 is 2.30 bits per heavy atom. The van der Waals surface area contributed by atoms with Crippen LogP contribution in [0, 0.1) is 11.8 Å². The van der Waals surface area contributed by atoms with Crippen LogP contribution in [0.25, 0.3) is 0 Å². The summed E-state index contributed by atoms with van der Waals surface area (Å²) in [6.45, 7) is 13.2. The fourth-order valence-electron chi connectivity index (χ4n) is 4.50. The van der Waals surface area contributed by atoms with Gasteiger partial charge in [0.05, 0.1) is 13.7 Å². The summed E-state index contributed by atoms with van der Waals surface area (Å²) in [5, 5.41) is 0. The molecule has 0 radical (unpaired) electrons. The number of ether oxygens (including phenoxy) is 7. The number of carbonyl (C=O) groups is 2. The third kappa shape index (κ3) is 6.33. The molecule has 0 bridgehead atoms. The molecule has 0 aromatic rings. The molecule has 0 saturated carbocycles. The van der Waals surface area contributed by atoms with Crippen molar-refractivity contribution in [2.45, 2.75) is 104 Å². The van der Waals surface area contributed by atoms with Gasteiger partial charge in [0.1, 0.15) is 18.3 Å². The first-order valence-electron chi connectivity index (χ1n) is 11.6. The lowest BCUT2D eigenvalue weighted by Crippen LogP contribution is -2.37. The summed E-state index contributed by atoms with van der Waals surface area (Å²) in [5.41, 5.74) is 0.798. The fraction of sp³-hybridized carbons (Fsp3) is 0.833. The van der Waals surface area contributed by atoms with E-state index in [-0.39, 0.29) is 6.10 Å². The normalized spacial score (nSPS) is 33.2. The summed E-state index contributed by atoms with van der Waals surface area (Å²) in [4.78, 5) is 24.4. The molecule has 0 aromatic heterocycles. The monoisotopic (exact) mass is 470 g/mol. The zero-order chi connectivity index (χ0) is 24.6. The molecule has 188 valence electrons. The molecular weight excluding hydrogens is 432 g/mol. The van der Waals surface area contributed by atoms with E-state index in [9.17, 15) is 9.59 Å². The first-order chi connectivity index (χ1) is 15.3. The van der Waals surface area contributed by atoms with Gasteiger partial charge in [0.25, 0.3) is 0 Å². The van der Waals surface area contributed by atoms with Crippen molar-refractivity contribution in [1.29, 1.82) is 0 Å². The van der Waals surface area contributed by atoms with Gasteiger partial charge in [-0.3, -0.25) is 4.79 Å². The predicted octanol–water partition coefficient (Wildman–Crippen LogP) is 3.10. The number of hydrogen-bond donors (Lipinski definition) is 0. The van der Waals surface area contributed by atoms with E-state index in [1.165, 1.54) is 14.0 Å². The van der Waals surface area contributed by atoms with Crippen LogP contribution in [-0.2, 0) is 42.7 Å². The minimum atomic E-state index is -1.08. The van der Waals surface area contributed by atoms with Crippen LogP contribution in [0.5, 0.6) is 0 Å². The highest BCUT2D eigenvalue weighted by molar-refractivity contribution is 5.79. The predicted molar refractivity (Wildman–Crippen MR) is 117 cm³/mol. The fourth-order valence-corrected chi connectivity index (χ4v) is 4.50. The van der Waals surface area contributed by atoms with Crippen LogP contribution in [0.4, 0.5) is 0 Å². The lowest BCUT2D eigenvalue weighted by molar-refractivity contribution is -0.215. The molecule has 3 aliphatic heterocycles. The largest absolute Gasteiger partial charge is 0.466 e. The molecule has 3 heterocycles. The maximum absolute atomic E-state index is 12.6. The second-order valence-electron chi connectivity index (χ2n) is 10.2. The number of fused-ring (bicyclic) bond motifs is 1. The lowest BCUT2D eigenvalue weighted by atomic mass is 9.88. The molecule has 0 aliphatic carbocycles. The van der Waals surface area contributed by atoms with E-state index < -0.39 is 54.0 Å². The summed E-state index contributed by atoms with van der Waals surface area (Å²) in [6, 6.07) is 0. The Labute approximate surface area is 196 Å². The first kappa shape index (κ1) is 26.1. The Bertz CT molecular complexity index is 757. The summed E-state index contributed by atoms with van der Waals surface area (Å²) in [6.07, 6.45) is 0.331. The first-order valence-corrected chi connectivity index (χ1v) is 11.6. The van der Waals surface area contributed by atoms with Gasteiger partial charge in [-0.05, 0) is 45.6 Å². The minimum absolute atomic E-state index is 0.346. The van der Waals surface area contributed by atoms with Crippen molar-refractivity contribution in [3.63, 3.8) is 0 Å². The molecule has 0 amide bonds. The topological polar surface area (TPSA) is 98.8 Å². The smallest absolute Gasteiger partial charge is 0.347 e. The van der Waals surface area contributed by atoms with Crippen molar-refractivity contribution in [1.82, 2.24) is 0 Å². The van der Waals surface area contributed by atoms with Crippen molar-refractivity contribution in [2.24, 2.45) is 11.8 Å². The van der Waals surface area contributed by atoms with Gasteiger partial charge in [-0.1, -0.05) is 26.3 Å². The maximum atomic E-state index is 12.6. The third-order valence-corrected chi connectivity index (χ3v) is 5.96. The third-order valence-electron chi connectivity index (χ3n) is 5.96.